The van der Waals surface area contributed by atoms with E-state index in [0.29, 0.717) is 43.8 Å². The number of methoxy groups -OCH3 is 2. The lowest BCUT2D eigenvalue weighted by molar-refractivity contribution is 0.0513. The van der Waals surface area contributed by atoms with E-state index in [1.54, 1.807) is 33.4 Å². The van der Waals surface area contributed by atoms with Gasteiger partial charge in [-0.2, -0.15) is 0 Å². The molecule has 0 spiro atoms. The van der Waals surface area contributed by atoms with Crippen LogP contribution < -0.4 is 20.1 Å². The largest absolute Gasteiger partial charge is 0.493 e. The zero-order valence-electron chi connectivity index (χ0n) is 18.2. The maximum Gasteiger partial charge on any atom is 0.191 e. The summed E-state index contributed by atoms with van der Waals surface area (Å²) in [5.41, 5.74) is 1.84. The van der Waals surface area contributed by atoms with Crippen molar-refractivity contribution in [3.05, 3.63) is 59.4 Å². The van der Waals surface area contributed by atoms with Crippen LogP contribution in [-0.4, -0.2) is 47.0 Å². The molecule has 8 heteroatoms. The Morgan fingerprint density at radius 3 is 2.45 bits per heavy atom. The zero-order chi connectivity index (χ0) is 21.4. The summed E-state index contributed by atoms with van der Waals surface area (Å²) in [6.45, 7) is 2.55. The van der Waals surface area contributed by atoms with E-state index in [9.17, 15) is 4.39 Å². The molecule has 0 aliphatic carbocycles. The van der Waals surface area contributed by atoms with E-state index < -0.39 is 0 Å². The van der Waals surface area contributed by atoms with E-state index in [2.05, 4.69) is 15.6 Å². The van der Waals surface area contributed by atoms with Gasteiger partial charge in [0.05, 0.1) is 14.2 Å². The molecule has 2 N–H and O–H groups in total. The number of benzene rings is 2. The number of nitrogens with one attached hydrogen (secondary N) is 2. The first kappa shape index (κ1) is 25.2. The van der Waals surface area contributed by atoms with Gasteiger partial charge in [0.15, 0.2) is 17.5 Å². The molecule has 2 aromatic rings. The summed E-state index contributed by atoms with van der Waals surface area (Å²) in [6, 6.07) is 12.7. The van der Waals surface area contributed by atoms with Crippen molar-refractivity contribution in [3.63, 3.8) is 0 Å². The van der Waals surface area contributed by atoms with Crippen LogP contribution in [-0.2, 0) is 16.7 Å². The number of hydrogen-bond acceptors (Lipinski definition) is 4. The third kappa shape index (κ3) is 6.46. The topological polar surface area (TPSA) is 64.1 Å². The smallest absolute Gasteiger partial charge is 0.191 e. The molecule has 0 unspecified atom stereocenters. The average Bonchev–Trinajstić information content (AvgIpc) is 2.79. The standard InChI is InChI=1S/C23H30FN3O3.HI/c1-25-22(26-15-17-7-8-20(28-2)21(13-17)29-3)27-16-23(9-11-30-12-10-23)18-5-4-6-19(24)14-18;/h4-8,13-14H,9-12,15-16H2,1-3H3,(H2,25,26,27);1H. The number of aliphatic imine (C=N–C) groups is 1. The maximum atomic E-state index is 13.9. The molecule has 0 saturated carbocycles. The van der Waals surface area contributed by atoms with Crippen molar-refractivity contribution in [2.75, 3.05) is 41.0 Å². The quantitative estimate of drug-likeness (QED) is 0.316. The highest BCUT2D eigenvalue weighted by Crippen LogP contribution is 2.34. The van der Waals surface area contributed by atoms with Gasteiger partial charge in [0.2, 0.25) is 0 Å². The second-order valence-electron chi connectivity index (χ2n) is 7.37. The van der Waals surface area contributed by atoms with Gasteiger partial charge in [-0.1, -0.05) is 18.2 Å². The summed E-state index contributed by atoms with van der Waals surface area (Å²) < 4.78 is 30.1. The molecule has 6 nitrogen and oxygen atoms in total. The molecule has 2 aromatic carbocycles. The monoisotopic (exact) mass is 543 g/mol. The van der Waals surface area contributed by atoms with Crippen LogP contribution >= 0.6 is 24.0 Å². The van der Waals surface area contributed by atoms with Gasteiger partial charge in [-0.05, 0) is 48.2 Å². The third-order valence-electron chi connectivity index (χ3n) is 5.61. The first-order chi connectivity index (χ1) is 14.6. The Hall–Kier alpha value is -2.07. The first-order valence-electron chi connectivity index (χ1n) is 10.1. The van der Waals surface area contributed by atoms with Gasteiger partial charge in [0.25, 0.3) is 0 Å². The molecule has 31 heavy (non-hydrogen) atoms. The van der Waals surface area contributed by atoms with Crippen LogP contribution in [0.5, 0.6) is 11.5 Å². The Kier molecular flexibility index (Phi) is 9.83. The molecule has 0 atom stereocenters. The summed E-state index contributed by atoms with van der Waals surface area (Å²) in [6.07, 6.45) is 1.66. The van der Waals surface area contributed by atoms with Crippen LogP contribution in [0.15, 0.2) is 47.5 Å². The predicted molar refractivity (Wildman–Crippen MR) is 131 cm³/mol. The minimum atomic E-state index is -0.214. The summed E-state index contributed by atoms with van der Waals surface area (Å²) in [5, 5.41) is 6.76. The molecule has 1 fully saturated rings. The van der Waals surface area contributed by atoms with E-state index in [4.69, 9.17) is 14.2 Å². The van der Waals surface area contributed by atoms with Crippen molar-refractivity contribution in [3.8, 4) is 11.5 Å². The van der Waals surface area contributed by atoms with E-state index >= 15 is 0 Å². The Balaban J connectivity index is 0.00000341. The molecule has 1 aliphatic heterocycles. The van der Waals surface area contributed by atoms with Crippen molar-refractivity contribution in [1.29, 1.82) is 0 Å². The lowest BCUT2D eigenvalue weighted by Crippen LogP contribution is -2.48. The van der Waals surface area contributed by atoms with Crippen LogP contribution in [0.2, 0.25) is 0 Å². The number of rotatable bonds is 7. The predicted octanol–water partition coefficient (Wildman–Crippen LogP) is 3.87. The minimum Gasteiger partial charge on any atom is -0.493 e. The summed E-state index contributed by atoms with van der Waals surface area (Å²) in [7, 11) is 4.98. The molecule has 3 rings (SSSR count). The number of guanidine groups is 1. The number of hydrogen-bond donors (Lipinski definition) is 2. The van der Waals surface area contributed by atoms with Gasteiger partial charge in [0.1, 0.15) is 5.82 Å². The fourth-order valence-corrected chi connectivity index (χ4v) is 3.80. The lowest BCUT2D eigenvalue weighted by Gasteiger charge is -2.38. The SMILES string of the molecule is CN=C(NCc1ccc(OC)c(OC)c1)NCC1(c2cccc(F)c2)CCOCC1.I. The fraction of sp³-hybridized carbons (Fsp3) is 0.435. The van der Waals surface area contributed by atoms with E-state index in [1.807, 2.05) is 24.3 Å². The Morgan fingerprint density at radius 2 is 1.81 bits per heavy atom. The number of nitrogens with zero attached hydrogens (tertiary/aromatic N) is 1. The van der Waals surface area contributed by atoms with Gasteiger partial charge in [0, 0.05) is 38.8 Å². The highest BCUT2D eigenvalue weighted by molar-refractivity contribution is 14.0. The lowest BCUT2D eigenvalue weighted by atomic mass is 9.74. The molecule has 0 amide bonds. The molecule has 0 radical (unpaired) electrons. The third-order valence-corrected chi connectivity index (χ3v) is 5.61. The number of halogens is 2. The highest BCUT2D eigenvalue weighted by Gasteiger charge is 2.34. The van der Waals surface area contributed by atoms with Crippen LogP contribution in [0.25, 0.3) is 0 Å². The molecule has 1 aliphatic rings. The van der Waals surface area contributed by atoms with E-state index in [1.165, 1.54) is 6.07 Å². The Bertz CT molecular complexity index is 873. The van der Waals surface area contributed by atoms with E-state index in [0.717, 1.165) is 24.0 Å². The van der Waals surface area contributed by atoms with Gasteiger partial charge < -0.3 is 24.8 Å². The molecular formula is C23H31FIN3O3. The van der Waals surface area contributed by atoms with Crippen LogP contribution in [0.3, 0.4) is 0 Å². The molecule has 0 bridgehead atoms. The second kappa shape index (κ2) is 12.1. The van der Waals surface area contributed by atoms with Crippen molar-refractivity contribution < 1.29 is 18.6 Å². The summed E-state index contributed by atoms with van der Waals surface area (Å²) in [5.74, 6) is 1.86. The normalized spacial score (nSPS) is 15.5. The average molecular weight is 543 g/mol. The van der Waals surface area contributed by atoms with Crippen molar-refractivity contribution in [1.82, 2.24) is 10.6 Å². The number of ether oxygens (including phenoxy) is 3. The molecule has 1 heterocycles. The van der Waals surface area contributed by atoms with Crippen molar-refractivity contribution in [2.45, 2.75) is 24.8 Å². The van der Waals surface area contributed by atoms with Gasteiger partial charge in [-0.3, -0.25) is 4.99 Å². The maximum absolute atomic E-state index is 13.9. The van der Waals surface area contributed by atoms with Crippen molar-refractivity contribution >= 4 is 29.9 Å². The van der Waals surface area contributed by atoms with Crippen LogP contribution in [0.1, 0.15) is 24.0 Å². The van der Waals surface area contributed by atoms with Gasteiger partial charge >= 0.3 is 0 Å². The summed E-state index contributed by atoms with van der Waals surface area (Å²) in [4.78, 5) is 4.34. The zero-order valence-corrected chi connectivity index (χ0v) is 20.6. The first-order valence-corrected chi connectivity index (χ1v) is 10.1. The van der Waals surface area contributed by atoms with Crippen LogP contribution in [0, 0.1) is 5.82 Å². The van der Waals surface area contributed by atoms with E-state index in [-0.39, 0.29) is 35.2 Å². The van der Waals surface area contributed by atoms with Crippen molar-refractivity contribution in [2.24, 2.45) is 4.99 Å². The van der Waals surface area contributed by atoms with Gasteiger partial charge in [-0.15, -0.1) is 24.0 Å². The second-order valence-corrected chi connectivity index (χ2v) is 7.37. The Labute approximate surface area is 200 Å². The van der Waals surface area contributed by atoms with Gasteiger partial charge in [-0.25, -0.2) is 4.39 Å². The highest BCUT2D eigenvalue weighted by atomic mass is 127. The minimum absolute atomic E-state index is 0. The fourth-order valence-electron chi connectivity index (χ4n) is 3.80. The Morgan fingerprint density at radius 1 is 1.06 bits per heavy atom. The molecule has 0 aromatic heterocycles. The molecule has 1 saturated heterocycles. The molecule has 170 valence electrons. The van der Waals surface area contributed by atoms with Crippen LogP contribution in [0.4, 0.5) is 4.39 Å². The summed E-state index contributed by atoms with van der Waals surface area (Å²) >= 11 is 0. The molecular weight excluding hydrogens is 512 g/mol.